The first kappa shape index (κ1) is 23.0. The molecule has 172 valence electrons. The molecule has 4 aromatic rings. The molecule has 0 spiro atoms. The van der Waals surface area contributed by atoms with Crippen LogP contribution < -0.4 is 4.90 Å². The molecular weight excluding hydrogens is 483 g/mol. The van der Waals surface area contributed by atoms with Crippen molar-refractivity contribution in [2.45, 2.75) is 6.42 Å². The van der Waals surface area contributed by atoms with Gasteiger partial charge < -0.3 is 14.2 Å². The van der Waals surface area contributed by atoms with Gasteiger partial charge in [0.05, 0.1) is 10.0 Å². The lowest BCUT2D eigenvalue weighted by molar-refractivity contribution is 0.385. The Hall–Kier alpha value is -2.79. The van der Waals surface area contributed by atoms with Crippen molar-refractivity contribution in [2.24, 2.45) is 0 Å². The Kier molecular flexibility index (Phi) is 6.91. The first-order valence-electron chi connectivity index (χ1n) is 11.3. The van der Waals surface area contributed by atoms with Gasteiger partial charge in [0.25, 0.3) is 0 Å². The van der Waals surface area contributed by atoms with E-state index in [4.69, 9.17) is 39.8 Å². The normalized spacial score (nSPS) is 13.8. The highest BCUT2D eigenvalue weighted by Crippen LogP contribution is 2.30. The number of halogens is 2. The van der Waals surface area contributed by atoms with E-state index in [1.807, 2.05) is 18.2 Å². The fourth-order valence-electron chi connectivity index (χ4n) is 4.24. The minimum atomic E-state index is 0.504. The standard InChI is InChI=1S/C28H24Cl2N2OS/c29-24-11-8-22(19-25(24)30)26-12-13-27(33-26)28(34)32-16-14-31(15-17-32)23-9-6-21(7-10-23)18-20-4-2-1-3-5-20/h1-13,19H,14-18H2. The van der Waals surface area contributed by atoms with Gasteiger partial charge in [-0.1, -0.05) is 77.9 Å². The van der Waals surface area contributed by atoms with Crippen LogP contribution in [-0.4, -0.2) is 36.1 Å². The van der Waals surface area contributed by atoms with Gasteiger partial charge in [0.15, 0.2) is 5.76 Å². The molecule has 0 aliphatic carbocycles. The Morgan fingerprint density at radius 1 is 0.765 bits per heavy atom. The van der Waals surface area contributed by atoms with E-state index < -0.39 is 0 Å². The summed E-state index contributed by atoms with van der Waals surface area (Å²) in [6.45, 7) is 3.54. The number of hydrogen-bond donors (Lipinski definition) is 0. The van der Waals surface area contributed by atoms with Gasteiger partial charge in [0, 0.05) is 37.4 Å². The number of furan rings is 1. The molecule has 2 heterocycles. The van der Waals surface area contributed by atoms with E-state index >= 15 is 0 Å². The van der Waals surface area contributed by atoms with Gasteiger partial charge in [-0.3, -0.25) is 0 Å². The molecule has 34 heavy (non-hydrogen) atoms. The fourth-order valence-corrected chi connectivity index (χ4v) is 4.83. The minimum absolute atomic E-state index is 0.504. The van der Waals surface area contributed by atoms with Crippen LogP contribution in [0.15, 0.2) is 89.3 Å². The third-order valence-corrected chi connectivity index (χ3v) is 7.34. The van der Waals surface area contributed by atoms with Gasteiger partial charge in [-0.15, -0.1) is 0 Å². The number of thiocarbonyl (C=S) groups is 1. The largest absolute Gasteiger partial charge is 0.454 e. The fraction of sp³-hybridized carbons (Fsp3) is 0.179. The lowest BCUT2D eigenvalue weighted by Crippen LogP contribution is -2.48. The maximum atomic E-state index is 6.15. The average Bonchev–Trinajstić information content (AvgIpc) is 3.37. The molecule has 0 bridgehead atoms. The molecule has 1 saturated heterocycles. The molecule has 0 N–H and O–H groups in total. The van der Waals surface area contributed by atoms with Gasteiger partial charge in [0.2, 0.25) is 0 Å². The molecule has 0 amide bonds. The zero-order valence-corrected chi connectivity index (χ0v) is 20.9. The second-order valence-electron chi connectivity index (χ2n) is 8.40. The van der Waals surface area contributed by atoms with Crippen molar-refractivity contribution < 1.29 is 4.42 Å². The van der Waals surface area contributed by atoms with E-state index in [-0.39, 0.29) is 0 Å². The van der Waals surface area contributed by atoms with Crippen molar-refractivity contribution in [2.75, 3.05) is 31.1 Å². The maximum Gasteiger partial charge on any atom is 0.162 e. The number of benzene rings is 3. The molecule has 1 aliphatic heterocycles. The van der Waals surface area contributed by atoms with Crippen LogP contribution in [0.4, 0.5) is 5.69 Å². The monoisotopic (exact) mass is 506 g/mol. The van der Waals surface area contributed by atoms with Crippen molar-refractivity contribution in [1.82, 2.24) is 4.90 Å². The van der Waals surface area contributed by atoms with E-state index in [1.54, 1.807) is 12.1 Å². The number of anilines is 1. The summed E-state index contributed by atoms with van der Waals surface area (Å²) < 4.78 is 6.05. The SMILES string of the molecule is S=C(c1ccc(-c2ccc(Cl)c(Cl)c2)o1)N1CCN(c2ccc(Cc3ccccc3)cc2)CC1. The van der Waals surface area contributed by atoms with Crippen LogP contribution in [0, 0.1) is 0 Å². The zero-order valence-electron chi connectivity index (χ0n) is 18.6. The van der Waals surface area contributed by atoms with Gasteiger partial charge in [-0.05, 0) is 60.0 Å². The van der Waals surface area contributed by atoms with Crippen molar-refractivity contribution >= 4 is 46.1 Å². The maximum absolute atomic E-state index is 6.15. The molecule has 0 atom stereocenters. The lowest BCUT2D eigenvalue weighted by atomic mass is 10.0. The predicted molar refractivity (Wildman–Crippen MR) is 145 cm³/mol. The highest BCUT2D eigenvalue weighted by Gasteiger charge is 2.22. The van der Waals surface area contributed by atoms with Crippen molar-refractivity contribution in [3.8, 4) is 11.3 Å². The summed E-state index contributed by atoms with van der Waals surface area (Å²) in [5.74, 6) is 1.43. The van der Waals surface area contributed by atoms with Crippen molar-refractivity contribution in [1.29, 1.82) is 0 Å². The Morgan fingerprint density at radius 3 is 2.18 bits per heavy atom. The summed E-state index contributed by atoms with van der Waals surface area (Å²) in [6, 6.07) is 28.8. The smallest absolute Gasteiger partial charge is 0.162 e. The van der Waals surface area contributed by atoms with Gasteiger partial charge in [0.1, 0.15) is 10.7 Å². The Balaban J connectivity index is 1.19. The van der Waals surface area contributed by atoms with E-state index in [2.05, 4.69) is 64.4 Å². The Bertz CT molecular complexity index is 1280. The predicted octanol–water partition coefficient (Wildman–Crippen LogP) is 7.34. The molecule has 1 fully saturated rings. The lowest BCUT2D eigenvalue weighted by Gasteiger charge is -2.37. The van der Waals surface area contributed by atoms with Gasteiger partial charge in [-0.2, -0.15) is 0 Å². The molecule has 3 aromatic carbocycles. The highest BCUT2D eigenvalue weighted by atomic mass is 35.5. The third kappa shape index (κ3) is 5.15. The molecular formula is C28H24Cl2N2OS. The summed E-state index contributed by atoms with van der Waals surface area (Å²) in [5.41, 5.74) is 4.79. The first-order valence-corrected chi connectivity index (χ1v) is 12.5. The van der Waals surface area contributed by atoms with Crippen LogP contribution in [0.1, 0.15) is 16.9 Å². The quantitative estimate of drug-likeness (QED) is 0.263. The summed E-state index contributed by atoms with van der Waals surface area (Å²) in [5, 5.41) is 1.03. The Morgan fingerprint density at radius 2 is 1.47 bits per heavy atom. The van der Waals surface area contributed by atoms with Crippen LogP contribution in [0.25, 0.3) is 11.3 Å². The molecule has 1 aliphatic rings. The van der Waals surface area contributed by atoms with Crippen LogP contribution in [0.5, 0.6) is 0 Å². The topological polar surface area (TPSA) is 19.6 Å². The van der Waals surface area contributed by atoms with Crippen molar-refractivity contribution in [3.63, 3.8) is 0 Å². The molecule has 1 aromatic heterocycles. The van der Waals surface area contributed by atoms with E-state index in [9.17, 15) is 0 Å². The first-order chi connectivity index (χ1) is 16.6. The van der Waals surface area contributed by atoms with Crippen LogP contribution >= 0.6 is 35.4 Å². The molecule has 0 unspecified atom stereocenters. The van der Waals surface area contributed by atoms with Crippen LogP contribution in [0.2, 0.25) is 10.0 Å². The zero-order chi connectivity index (χ0) is 23.5. The van der Waals surface area contributed by atoms with Crippen molar-refractivity contribution in [3.05, 3.63) is 112 Å². The van der Waals surface area contributed by atoms with Crippen LogP contribution in [0.3, 0.4) is 0 Å². The summed E-state index contributed by atoms with van der Waals surface area (Å²) in [7, 11) is 0. The number of rotatable bonds is 5. The molecule has 0 saturated carbocycles. The number of piperazine rings is 1. The molecule has 3 nitrogen and oxygen atoms in total. The highest BCUT2D eigenvalue weighted by molar-refractivity contribution is 7.80. The van der Waals surface area contributed by atoms with E-state index in [0.717, 1.165) is 48.9 Å². The molecule has 0 radical (unpaired) electrons. The van der Waals surface area contributed by atoms with Gasteiger partial charge in [-0.25, -0.2) is 0 Å². The summed E-state index contributed by atoms with van der Waals surface area (Å²) in [6.07, 6.45) is 0.955. The minimum Gasteiger partial charge on any atom is -0.454 e. The molecule has 6 heteroatoms. The number of nitrogens with zero attached hydrogens (tertiary/aromatic N) is 2. The third-order valence-electron chi connectivity index (χ3n) is 6.14. The van der Waals surface area contributed by atoms with E-state index in [0.29, 0.717) is 15.8 Å². The van der Waals surface area contributed by atoms with Gasteiger partial charge >= 0.3 is 0 Å². The Labute approximate surface area is 215 Å². The number of hydrogen-bond acceptors (Lipinski definition) is 3. The van der Waals surface area contributed by atoms with Crippen LogP contribution in [-0.2, 0) is 6.42 Å². The average molecular weight is 507 g/mol. The summed E-state index contributed by atoms with van der Waals surface area (Å²) >= 11 is 17.9. The molecule has 5 rings (SSSR count). The second kappa shape index (κ2) is 10.2. The van der Waals surface area contributed by atoms with E-state index in [1.165, 1.54) is 16.8 Å². The summed E-state index contributed by atoms with van der Waals surface area (Å²) in [4.78, 5) is 5.37. The second-order valence-corrected chi connectivity index (χ2v) is 9.60.